The average molecular weight is 469 g/mol. The maximum absolute atomic E-state index is 12.1. The number of aryl methyl sites for hydroxylation is 1. The van der Waals surface area contributed by atoms with Gasteiger partial charge in [0.05, 0.1) is 32.7 Å². The number of benzene rings is 2. The molecular formula is C26H29ClN2O4. The minimum Gasteiger partial charge on any atom is -0.493 e. The predicted octanol–water partition coefficient (Wildman–Crippen LogP) is 5.66. The Morgan fingerprint density at radius 1 is 1.15 bits per heavy atom. The minimum absolute atomic E-state index is 0.233. The summed E-state index contributed by atoms with van der Waals surface area (Å²) in [5.41, 5.74) is 2.76. The van der Waals surface area contributed by atoms with Gasteiger partial charge in [0.15, 0.2) is 11.5 Å². The fourth-order valence-electron chi connectivity index (χ4n) is 3.64. The number of hydrogen-bond donors (Lipinski definition) is 1. The molecule has 0 fully saturated rings. The second-order valence-corrected chi connectivity index (χ2v) is 8.13. The van der Waals surface area contributed by atoms with Crippen molar-refractivity contribution in [1.29, 1.82) is 0 Å². The molecule has 0 bridgehead atoms. The van der Waals surface area contributed by atoms with E-state index in [1.165, 1.54) is 0 Å². The van der Waals surface area contributed by atoms with Crippen molar-refractivity contribution in [1.82, 2.24) is 9.55 Å². The zero-order chi connectivity index (χ0) is 23.8. The van der Waals surface area contributed by atoms with Gasteiger partial charge in [-0.15, -0.1) is 0 Å². The molecule has 0 saturated carbocycles. The molecular weight excluding hydrogens is 440 g/mol. The third-order valence-corrected chi connectivity index (χ3v) is 5.82. The number of nitrogens with zero attached hydrogens (tertiary/aromatic N) is 2. The number of halogens is 1. The Labute approximate surface area is 199 Å². The minimum atomic E-state index is -0.981. The van der Waals surface area contributed by atoms with Gasteiger partial charge in [0.2, 0.25) is 0 Å². The van der Waals surface area contributed by atoms with Gasteiger partial charge in [-0.1, -0.05) is 49.2 Å². The molecule has 0 unspecified atom stereocenters. The van der Waals surface area contributed by atoms with Gasteiger partial charge in [-0.3, -0.25) is 0 Å². The van der Waals surface area contributed by atoms with Crippen LogP contribution in [-0.2, 0) is 24.2 Å². The highest BCUT2D eigenvalue weighted by Gasteiger charge is 2.15. The van der Waals surface area contributed by atoms with E-state index in [1.807, 2.05) is 30.3 Å². The number of unbranched alkanes of at least 4 members (excludes halogenated alkanes) is 1. The summed E-state index contributed by atoms with van der Waals surface area (Å²) < 4.78 is 12.7. The molecule has 0 aliphatic rings. The summed E-state index contributed by atoms with van der Waals surface area (Å²) in [5, 5.41) is 10.6. The second kappa shape index (κ2) is 11.6. The molecule has 3 rings (SSSR count). The Bertz CT molecular complexity index is 1140. The lowest BCUT2D eigenvalue weighted by Gasteiger charge is -2.13. The Balaban J connectivity index is 1.98. The molecule has 6 nitrogen and oxygen atoms in total. The van der Waals surface area contributed by atoms with Crippen LogP contribution in [0.3, 0.4) is 0 Å². The van der Waals surface area contributed by atoms with E-state index in [0.29, 0.717) is 23.1 Å². The zero-order valence-electron chi connectivity index (χ0n) is 19.2. The highest BCUT2D eigenvalue weighted by Crippen LogP contribution is 2.29. The molecule has 1 heterocycles. The summed E-state index contributed by atoms with van der Waals surface area (Å²) in [5.74, 6) is 1.09. The Morgan fingerprint density at radius 3 is 2.58 bits per heavy atom. The van der Waals surface area contributed by atoms with Crippen LogP contribution in [0.15, 0.2) is 54.2 Å². The second-order valence-electron chi connectivity index (χ2n) is 7.72. The molecule has 1 aromatic heterocycles. The molecule has 0 amide bonds. The van der Waals surface area contributed by atoms with Crippen molar-refractivity contribution in [2.24, 2.45) is 0 Å². The summed E-state index contributed by atoms with van der Waals surface area (Å²) in [7, 11) is 3.12. The van der Waals surface area contributed by atoms with Gasteiger partial charge in [-0.05, 0) is 41.8 Å². The first-order valence-electron chi connectivity index (χ1n) is 10.9. The highest BCUT2D eigenvalue weighted by atomic mass is 35.5. The largest absolute Gasteiger partial charge is 0.493 e. The van der Waals surface area contributed by atoms with Gasteiger partial charge >= 0.3 is 5.97 Å². The van der Waals surface area contributed by atoms with Crippen LogP contribution in [0.2, 0.25) is 5.02 Å². The average Bonchev–Trinajstić information content (AvgIpc) is 3.19. The number of ether oxygens (including phenoxy) is 2. The number of hydrogen-bond acceptors (Lipinski definition) is 4. The van der Waals surface area contributed by atoms with Crippen molar-refractivity contribution < 1.29 is 19.4 Å². The molecule has 2 aromatic carbocycles. The zero-order valence-corrected chi connectivity index (χ0v) is 19.9. The molecule has 174 valence electrons. The van der Waals surface area contributed by atoms with Crippen LogP contribution in [0.5, 0.6) is 11.5 Å². The van der Waals surface area contributed by atoms with Gasteiger partial charge in [0.25, 0.3) is 0 Å². The summed E-state index contributed by atoms with van der Waals surface area (Å²) in [6.07, 6.45) is 6.52. The van der Waals surface area contributed by atoms with Crippen LogP contribution < -0.4 is 9.47 Å². The summed E-state index contributed by atoms with van der Waals surface area (Å²) in [4.78, 5) is 16.7. The Hall–Kier alpha value is -3.25. The van der Waals surface area contributed by atoms with Crippen LogP contribution in [-0.4, -0.2) is 34.8 Å². The van der Waals surface area contributed by atoms with Crippen molar-refractivity contribution in [2.75, 3.05) is 14.2 Å². The third-order valence-electron chi connectivity index (χ3n) is 5.45. The van der Waals surface area contributed by atoms with Crippen LogP contribution in [0.4, 0.5) is 0 Å². The van der Waals surface area contributed by atoms with Crippen LogP contribution in [0, 0.1) is 0 Å². The van der Waals surface area contributed by atoms with Crippen LogP contribution in [0.1, 0.15) is 42.4 Å². The molecule has 3 aromatic rings. The van der Waals surface area contributed by atoms with Crippen molar-refractivity contribution in [2.45, 2.75) is 39.2 Å². The van der Waals surface area contributed by atoms with E-state index in [1.54, 1.807) is 38.6 Å². The highest BCUT2D eigenvalue weighted by molar-refractivity contribution is 6.31. The number of aliphatic carboxylic acids is 1. The molecule has 0 saturated heterocycles. The fraction of sp³-hybridized carbons (Fsp3) is 0.308. The monoisotopic (exact) mass is 468 g/mol. The lowest BCUT2D eigenvalue weighted by atomic mass is 10.0. The first kappa shape index (κ1) is 24.4. The van der Waals surface area contributed by atoms with Crippen molar-refractivity contribution in [3.05, 3.63) is 81.9 Å². The van der Waals surface area contributed by atoms with E-state index in [9.17, 15) is 9.90 Å². The quantitative estimate of drug-likeness (QED) is 0.368. The lowest BCUT2D eigenvalue weighted by Crippen LogP contribution is -2.09. The van der Waals surface area contributed by atoms with E-state index >= 15 is 0 Å². The van der Waals surface area contributed by atoms with E-state index in [2.05, 4.69) is 16.5 Å². The number of methoxy groups -OCH3 is 2. The van der Waals surface area contributed by atoms with Crippen molar-refractivity contribution >= 4 is 23.6 Å². The van der Waals surface area contributed by atoms with Crippen LogP contribution in [0.25, 0.3) is 6.08 Å². The fourth-order valence-corrected chi connectivity index (χ4v) is 3.83. The molecule has 0 aliphatic carbocycles. The van der Waals surface area contributed by atoms with Gasteiger partial charge < -0.3 is 19.1 Å². The first-order chi connectivity index (χ1) is 16.0. The normalized spacial score (nSPS) is 11.5. The molecule has 0 radical (unpaired) electrons. The maximum atomic E-state index is 12.1. The number of aromatic nitrogens is 2. The van der Waals surface area contributed by atoms with E-state index in [4.69, 9.17) is 21.1 Å². The number of imidazole rings is 1. The summed E-state index contributed by atoms with van der Waals surface area (Å²) >= 11 is 6.40. The molecule has 0 atom stereocenters. The summed E-state index contributed by atoms with van der Waals surface area (Å²) in [6.45, 7) is 2.65. The molecule has 1 N–H and O–H groups in total. The van der Waals surface area contributed by atoms with Crippen LogP contribution >= 0.6 is 11.6 Å². The van der Waals surface area contributed by atoms with Gasteiger partial charge in [0, 0.05) is 23.4 Å². The Kier molecular flexibility index (Phi) is 8.55. The van der Waals surface area contributed by atoms with Gasteiger partial charge in [0.1, 0.15) is 5.82 Å². The van der Waals surface area contributed by atoms with E-state index in [-0.39, 0.29) is 12.0 Å². The number of carboxylic acids is 1. The Morgan fingerprint density at radius 2 is 1.91 bits per heavy atom. The summed E-state index contributed by atoms with van der Waals surface area (Å²) in [6, 6.07) is 13.1. The molecule has 7 heteroatoms. The van der Waals surface area contributed by atoms with E-state index < -0.39 is 5.97 Å². The molecule has 0 aliphatic heterocycles. The smallest absolute Gasteiger partial charge is 0.331 e. The number of rotatable bonds is 11. The SMILES string of the molecule is CCCCc1ncc(/C=C(\Cc2ccc(OC)c(OC)c2)C(=O)O)n1Cc1ccccc1Cl. The molecule has 0 spiro atoms. The number of carbonyl (C=O) groups is 1. The lowest BCUT2D eigenvalue weighted by molar-refractivity contribution is -0.132. The van der Waals surface area contributed by atoms with E-state index in [0.717, 1.165) is 41.9 Å². The third kappa shape index (κ3) is 6.17. The standard InChI is InChI=1S/C26H29ClN2O4/c1-4-5-10-25-28-16-21(29(25)17-19-8-6-7-9-22(19)27)15-20(26(30)31)13-18-11-12-23(32-2)24(14-18)33-3/h6-9,11-12,14-16H,4-5,10,13,17H2,1-3H3,(H,30,31)/b20-15+. The van der Waals surface area contributed by atoms with Crippen molar-refractivity contribution in [3.8, 4) is 11.5 Å². The van der Waals surface area contributed by atoms with Gasteiger partial charge in [-0.2, -0.15) is 0 Å². The maximum Gasteiger partial charge on any atom is 0.331 e. The molecule has 33 heavy (non-hydrogen) atoms. The predicted molar refractivity (Wildman–Crippen MR) is 130 cm³/mol. The van der Waals surface area contributed by atoms with Crippen molar-refractivity contribution in [3.63, 3.8) is 0 Å². The first-order valence-corrected chi connectivity index (χ1v) is 11.3. The topological polar surface area (TPSA) is 73.6 Å². The van der Waals surface area contributed by atoms with Gasteiger partial charge in [-0.25, -0.2) is 9.78 Å². The number of carboxylic acid groups (broad SMARTS) is 1.